The minimum Gasteiger partial charge on any atom is -0.269 e. The van der Waals surface area contributed by atoms with Crippen molar-refractivity contribution in [1.82, 2.24) is 9.38 Å². The molecule has 0 atom stereocenters. The summed E-state index contributed by atoms with van der Waals surface area (Å²) in [6.07, 6.45) is 1.80. The Morgan fingerprint density at radius 2 is 2.08 bits per heavy atom. The Balaban J connectivity index is 2.95. The summed E-state index contributed by atoms with van der Waals surface area (Å²) < 4.78 is 1.56. The van der Waals surface area contributed by atoms with E-state index in [1.165, 1.54) is 6.07 Å². The van der Waals surface area contributed by atoms with E-state index in [2.05, 4.69) is 4.98 Å². The quantitative estimate of drug-likeness (QED) is 0.603. The molecule has 0 saturated heterocycles. The summed E-state index contributed by atoms with van der Waals surface area (Å²) in [5, 5.41) is 0. The summed E-state index contributed by atoms with van der Waals surface area (Å²) in [6, 6.07) is 5.33. The standard InChI is InChI=1S/C10H10N2O/c1-7-3-4-9-11-8(2)5-10(13)12(9)6-7/h3-6H,1-2H3. The molecule has 0 unspecified atom stereocenters. The first-order valence-corrected chi connectivity index (χ1v) is 4.13. The highest BCUT2D eigenvalue weighted by molar-refractivity contribution is 5.39. The summed E-state index contributed by atoms with van der Waals surface area (Å²) in [4.78, 5) is 15.7. The van der Waals surface area contributed by atoms with Crippen LogP contribution in [0.5, 0.6) is 0 Å². The highest BCUT2D eigenvalue weighted by Crippen LogP contribution is 2.00. The van der Waals surface area contributed by atoms with Crippen molar-refractivity contribution in [1.29, 1.82) is 0 Å². The third kappa shape index (κ3) is 1.33. The Hall–Kier alpha value is -1.64. The zero-order chi connectivity index (χ0) is 9.42. The second-order valence-electron chi connectivity index (χ2n) is 3.17. The molecule has 0 aliphatic carbocycles. The molecule has 0 saturated carbocycles. The van der Waals surface area contributed by atoms with E-state index < -0.39 is 0 Å². The smallest absolute Gasteiger partial charge is 0.258 e. The van der Waals surface area contributed by atoms with Crippen molar-refractivity contribution in [2.45, 2.75) is 13.8 Å². The van der Waals surface area contributed by atoms with Crippen molar-refractivity contribution in [3.8, 4) is 0 Å². The summed E-state index contributed by atoms with van der Waals surface area (Å²) in [6.45, 7) is 3.77. The number of nitrogens with zero attached hydrogens (tertiary/aromatic N) is 2. The number of aryl methyl sites for hydroxylation is 2. The van der Waals surface area contributed by atoms with Crippen LogP contribution in [-0.4, -0.2) is 9.38 Å². The van der Waals surface area contributed by atoms with Crippen LogP contribution >= 0.6 is 0 Å². The van der Waals surface area contributed by atoms with Crippen molar-refractivity contribution in [3.63, 3.8) is 0 Å². The topological polar surface area (TPSA) is 34.4 Å². The van der Waals surface area contributed by atoms with Gasteiger partial charge in [0.25, 0.3) is 5.56 Å². The molecule has 0 aliphatic rings. The summed E-state index contributed by atoms with van der Waals surface area (Å²) in [7, 11) is 0. The van der Waals surface area contributed by atoms with Gasteiger partial charge >= 0.3 is 0 Å². The maximum atomic E-state index is 11.5. The van der Waals surface area contributed by atoms with E-state index in [0.717, 1.165) is 11.3 Å². The number of fused-ring (bicyclic) bond motifs is 1. The summed E-state index contributed by atoms with van der Waals surface area (Å²) in [5.41, 5.74) is 2.50. The first kappa shape index (κ1) is 7.98. The van der Waals surface area contributed by atoms with Crippen molar-refractivity contribution >= 4 is 5.65 Å². The molecule has 13 heavy (non-hydrogen) atoms. The third-order valence-electron chi connectivity index (χ3n) is 1.94. The number of rotatable bonds is 0. The van der Waals surface area contributed by atoms with Gasteiger partial charge in [0.1, 0.15) is 5.65 Å². The van der Waals surface area contributed by atoms with Crippen LogP contribution in [0.25, 0.3) is 5.65 Å². The van der Waals surface area contributed by atoms with Gasteiger partial charge < -0.3 is 0 Å². The molecule has 0 amide bonds. The molecule has 0 fully saturated rings. The molecular formula is C10H10N2O. The lowest BCUT2D eigenvalue weighted by Gasteiger charge is -2.01. The fraction of sp³-hybridized carbons (Fsp3) is 0.200. The van der Waals surface area contributed by atoms with E-state index in [4.69, 9.17) is 0 Å². The largest absolute Gasteiger partial charge is 0.269 e. The lowest BCUT2D eigenvalue weighted by atomic mass is 10.3. The molecule has 66 valence electrons. The summed E-state index contributed by atoms with van der Waals surface area (Å²) in [5.74, 6) is 0. The maximum absolute atomic E-state index is 11.5. The van der Waals surface area contributed by atoms with Gasteiger partial charge in [0.15, 0.2) is 0 Å². The van der Waals surface area contributed by atoms with Gasteiger partial charge in [-0.2, -0.15) is 0 Å². The fourth-order valence-corrected chi connectivity index (χ4v) is 1.33. The molecule has 0 radical (unpaired) electrons. The van der Waals surface area contributed by atoms with Crippen LogP contribution in [0.2, 0.25) is 0 Å². The first-order valence-electron chi connectivity index (χ1n) is 4.13. The molecule has 0 aliphatic heterocycles. The summed E-state index contributed by atoms with van der Waals surface area (Å²) >= 11 is 0. The van der Waals surface area contributed by atoms with Gasteiger partial charge in [-0.05, 0) is 25.5 Å². The molecule has 3 nitrogen and oxygen atoms in total. The highest BCUT2D eigenvalue weighted by Gasteiger charge is 1.97. The van der Waals surface area contributed by atoms with E-state index >= 15 is 0 Å². The molecule has 0 bridgehead atoms. The van der Waals surface area contributed by atoms with Gasteiger partial charge in [-0.15, -0.1) is 0 Å². The number of pyridine rings is 1. The average Bonchev–Trinajstić information content (AvgIpc) is 2.06. The minimum atomic E-state index is -0.0220. The highest BCUT2D eigenvalue weighted by atomic mass is 16.1. The van der Waals surface area contributed by atoms with Crippen LogP contribution in [0.4, 0.5) is 0 Å². The minimum absolute atomic E-state index is 0.0220. The predicted molar refractivity (Wildman–Crippen MR) is 50.9 cm³/mol. The Labute approximate surface area is 75.7 Å². The van der Waals surface area contributed by atoms with Crippen molar-refractivity contribution in [2.75, 3.05) is 0 Å². The molecule has 0 spiro atoms. The van der Waals surface area contributed by atoms with E-state index in [1.54, 1.807) is 10.6 Å². The lowest BCUT2D eigenvalue weighted by molar-refractivity contribution is 1.01. The molecule has 2 heterocycles. The van der Waals surface area contributed by atoms with Gasteiger partial charge in [0.05, 0.1) is 0 Å². The van der Waals surface area contributed by atoms with Crippen LogP contribution in [0.15, 0.2) is 29.2 Å². The van der Waals surface area contributed by atoms with Crippen molar-refractivity contribution in [3.05, 3.63) is 46.0 Å². The number of hydrogen-bond acceptors (Lipinski definition) is 2. The van der Waals surface area contributed by atoms with Crippen LogP contribution in [0, 0.1) is 13.8 Å². The Morgan fingerprint density at radius 1 is 1.31 bits per heavy atom. The normalized spacial score (nSPS) is 10.6. The second-order valence-corrected chi connectivity index (χ2v) is 3.17. The SMILES string of the molecule is Cc1ccc2nc(C)cc(=O)n2c1. The van der Waals surface area contributed by atoms with Gasteiger partial charge in [-0.25, -0.2) is 4.98 Å². The monoisotopic (exact) mass is 174 g/mol. The van der Waals surface area contributed by atoms with E-state index in [1.807, 2.05) is 26.0 Å². The molecule has 2 aromatic heterocycles. The Bertz CT molecular complexity index is 514. The zero-order valence-electron chi connectivity index (χ0n) is 7.61. The first-order chi connectivity index (χ1) is 6.16. The lowest BCUT2D eigenvalue weighted by Crippen LogP contribution is -2.14. The van der Waals surface area contributed by atoms with Crippen LogP contribution < -0.4 is 5.56 Å². The maximum Gasteiger partial charge on any atom is 0.258 e. The van der Waals surface area contributed by atoms with Crippen LogP contribution in [-0.2, 0) is 0 Å². The van der Waals surface area contributed by atoms with Crippen molar-refractivity contribution < 1.29 is 0 Å². The van der Waals surface area contributed by atoms with Crippen LogP contribution in [0.3, 0.4) is 0 Å². The molecule has 0 N–H and O–H groups in total. The number of aromatic nitrogens is 2. The molecule has 2 rings (SSSR count). The molecule has 3 heteroatoms. The van der Waals surface area contributed by atoms with Gasteiger partial charge in [-0.3, -0.25) is 9.20 Å². The third-order valence-corrected chi connectivity index (χ3v) is 1.94. The van der Waals surface area contributed by atoms with Gasteiger partial charge in [0.2, 0.25) is 0 Å². The van der Waals surface area contributed by atoms with E-state index in [0.29, 0.717) is 5.65 Å². The van der Waals surface area contributed by atoms with Gasteiger partial charge in [0, 0.05) is 18.0 Å². The molecule has 2 aromatic rings. The van der Waals surface area contributed by atoms with Crippen LogP contribution in [0.1, 0.15) is 11.3 Å². The van der Waals surface area contributed by atoms with E-state index in [-0.39, 0.29) is 5.56 Å². The molecular weight excluding hydrogens is 164 g/mol. The van der Waals surface area contributed by atoms with Crippen molar-refractivity contribution in [2.24, 2.45) is 0 Å². The Kier molecular flexibility index (Phi) is 1.65. The van der Waals surface area contributed by atoms with E-state index in [9.17, 15) is 4.79 Å². The Morgan fingerprint density at radius 3 is 2.85 bits per heavy atom. The average molecular weight is 174 g/mol. The molecule has 0 aromatic carbocycles. The van der Waals surface area contributed by atoms with Gasteiger partial charge in [-0.1, -0.05) is 6.07 Å². The predicted octanol–water partition coefficient (Wildman–Crippen LogP) is 1.31. The fourth-order valence-electron chi connectivity index (χ4n) is 1.33. The second kappa shape index (κ2) is 2.69. The zero-order valence-corrected chi connectivity index (χ0v) is 7.61. The number of hydrogen-bond donors (Lipinski definition) is 0.